The SMILES string of the molecule is COc1ccccc1C(=O)NNC(=O)CCCCCN1C(=O)/C(=C\c2cccs2)SC1=S. The van der Waals surface area contributed by atoms with Gasteiger partial charge in [0.05, 0.1) is 17.6 Å². The van der Waals surface area contributed by atoms with Gasteiger partial charge in [-0.15, -0.1) is 11.3 Å². The molecule has 1 aliphatic rings. The van der Waals surface area contributed by atoms with Gasteiger partial charge in [0.15, 0.2) is 0 Å². The van der Waals surface area contributed by atoms with Gasteiger partial charge in [-0.1, -0.05) is 48.6 Å². The van der Waals surface area contributed by atoms with E-state index in [0.29, 0.717) is 33.5 Å². The predicted molar refractivity (Wildman–Crippen MR) is 131 cm³/mol. The van der Waals surface area contributed by atoms with Gasteiger partial charge in [-0.3, -0.25) is 30.1 Å². The summed E-state index contributed by atoms with van der Waals surface area (Å²) in [5.74, 6) is -0.358. The highest BCUT2D eigenvalue weighted by Crippen LogP contribution is 2.33. The number of hydrazine groups is 1. The molecule has 32 heavy (non-hydrogen) atoms. The highest BCUT2D eigenvalue weighted by molar-refractivity contribution is 8.26. The standard InChI is InChI=1S/C22H23N3O4S3/c1-29-17-10-5-4-9-16(17)20(27)24-23-19(26)11-3-2-6-12-25-21(28)18(32-22(25)30)14-15-8-7-13-31-15/h4-5,7-10,13-14H,2-3,6,11-12H2,1H3,(H,23,26)(H,24,27)/b18-14+. The molecule has 0 aliphatic carbocycles. The summed E-state index contributed by atoms with van der Waals surface area (Å²) in [6.07, 6.45) is 4.27. The second-order valence-corrected chi connectivity index (χ2v) is 9.52. The molecule has 0 spiro atoms. The second kappa shape index (κ2) is 11.8. The van der Waals surface area contributed by atoms with E-state index in [1.807, 2.05) is 23.6 Å². The van der Waals surface area contributed by atoms with Gasteiger partial charge in [0, 0.05) is 17.8 Å². The molecule has 1 aromatic carbocycles. The van der Waals surface area contributed by atoms with Crippen molar-refractivity contribution in [1.29, 1.82) is 0 Å². The van der Waals surface area contributed by atoms with E-state index in [-0.39, 0.29) is 18.2 Å². The number of nitrogens with zero attached hydrogens (tertiary/aromatic N) is 1. The number of unbranched alkanes of at least 4 members (excludes halogenated alkanes) is 2. The first-order chi connectivity index (χ1) is 15.5. The number of thiocarbonyl (C=S) groups is 1. The first-order valence-electron chi connectivity index (χ1n) is 10.0. The Hall–Kier alpha value is -2.69. The number of nitrogens with one attached hydrogen (secondary N) is 2. The Bertz CT molecular complexity index is 1020. The molecule has 2 N–H and O–H groups in total. The molecule has 3 amide bonds. The average Bonchev–Trinajstić information content (AvgIpc) is 3.40. The minimum Gasteiger partial charge on any atom is -0.496 e. The lowest BCUT2D eigenvalue weighted by Gasteiger charge is -2.14. The predicted octanol–water partition coefficient (Wildman–Crippen LogP) is 3.98. The van der Waals surface area contributed by atoms with Crippen LogP contribution in [-0.4, -0.2) is 40.6 Å². The molecule has 1 saturated heterocycles. The second-order valence-electron chi connectivity index (χ2n) is 6.86. The minimum absolute atomic E-state index is 0.0646. The highest BCUT2D eigenvalue weighted by atomic mass is 32.2. The van der Waals surface area contributed by atoms with E-state index in [0.717, 1.165) is 17.7 Å². The molecule has 1 fully saturated rings. The van der Waals surface area contributed by atoms with Crippen LogP contribution in [0.2, 0.25) is 0 Å². The van der Waals surface area contributed by atoms with Gasteiger partial charge in [0.25, 0.3) is 11.8 Å². The Balaban J connectivity index is 1.35. The molecule has 2 aromatic rings. The summed E-state index contributed by atoms with van der Waals surface area (Å²) in [4.78, 5) is 40.0. The van der Waals surface area contributed by atoms with Gasteiger partial charge < -0.3 is 4.74 Å². The molecule has 168 valence electrons. The molecule has 0 saturated carbocycles. The molecular weight excluding hydrogens is 466 g/mol. The number of carbonyl (C=O) groups excluding carboxylic acids is 3. The Morgan fingerprint density at radius 1 is 1.12 bits per heavy atom. The van der Waals surface area contributed by atoms with Crippen LogP contribution in [0.25, 0.3) is 6.08 Å². The lowest BCUT2D eigenvalue weighted by Crippen LogP contribution is -2.41. The van der Waals surface area contributed by atoms with Crippen LogP contribution >= 0.6 is 35.3 Å². The van der Waals surface area contributed by atoms with Gasteiger partial charge in [0.1, 0.15) is 10.1 Å². The number of methoxy groups -OCH3 is 1. The normalized spacial score (nSPS) is 14.7. The molecule has 7 nitrogen and oxygen atoms in total. The summed E-state index contributed by atoms with van der Waals surface area (Å²) in [7, 11) is 1.48. The van der Waals surface area contributed by atoms with Gasteiger partial charge in [-0.25, -0.2) is 0 Å². The quantitative estimate of drug-likeness (QED) is 0.240. The first-order valence-corrected chi connectivity index (χ1v) is 12.1. The van der Waals surface area contributed by atoms with Crippen LogP contribution < -0.4 is 15.6 Å². The van der Waals surface area contributed by atoms with E-state index in [2.05, 4.69) is 10.9 Å². The fraction of sp³-hybridized carbons (Fsp3) is 0.273. The summed E-state index contributed by atoms with van der Waals surface area (Å²) in [6, 6.07) is 10.7. The van der Waals surface area contributed by atoms with Gasteiger partial charge in [0.2, 0.25) is 5.91 Å². The third-order valence-electron chi connectivity index (χ3n) is 4.64. The molecule has 0 bridgehead atoms. The number of carbonyl (C=O) groups is 3. The largest absolute Gasteiger partial charge is 0.496 e. The maximum atomic E-state index is 12.6. The zero-order valence-corrected chi connectivity index (χ0v) is 19.9. The summed E-state index contributed by atoms with van der Waals surface area (Å²) >= 11 is 8.24. The number of benzene rings is 1. The van der Waals surface area contributed by atoms with Crippen LogP contribution in [0.4, 0.5) is 0 Å². The first kappa shape index (κ1) is 24.0. The molecule has 0 atom stereocenters. The van der Waals surface area contributed by atoms with Crippen LogP contribution in [0.15, 0.2) is 46.7 Å². The van der Waals surface area contributed by atoms with Crippen molar-refractivity contribution in [2.24, 2.45) is 0 Å². The molecule has 10 heteroatoms. The van der Waals surface area contributed by atoms with Crippen molar-refractivity contribution >= 4 is 63.4 Å². The molecule has 0 unspecified atom stereocenters. The van der Waals surface area contributed by atoms with E-state index >= 15 is 0 Å². The van der Waals surface area contributed by atoms with Crippen molar-refractivity contribution in [3.8, 4) is 5.75 Å². The molecule has 3 rings (SSSR count). The minimum atomic E-state index is -0.444. The molecule has 1 aromatic heterocycles. The summed E-state index contributed by atoms with van der Waals surface area (Å²) in [5.41, 5.74) is 5.15. The zero-order chi connectivity index (χ0) is 22.9. The number of para-hydroxylation sites is 1. The third-order valence-corrected chi connectivity index (χ3v) is 6.84. The van der Waals surface area contributed by atoms with Crippen LogP contribution in [0.3, 0.4) is 0 Å². The summed E-state index contributed by atoms with van der Waals surface area (Å²) in [6.45, 7) is 0.526. The van der Waals surface area contributed by atoms with Gasteiger partial charge in [-0.2, -0.15) is 0 Å². The Labute approximate surface area is 200 Å². The van der Waals surface area contributed by atoms with Crippen LogP contribution in [0, 0.1) is 0 Å². The van der Waals surface area contributed by atoms with Crippen LogP contribution in [0.1, 0.15) is 40.9 Å². The fourth-order valence-electron chi connectivity index (χ4n) is 3.02. The number of ether oxygens (including phenoxy) is 1. The topological polar surface area (TPSA) is 87.7 Å². The van der Waals surface area contributed by atoms with Gasteiger partial charge >= 0.3 is 0 Å². The molecule has 0 radical (unpaired) electrons. The zero-order valence-electron chi connectivity index (χ0n) is 17.5. The molecule has 1 aliphatic heterocycles. The molecule has 2 heterocycles. The van der Waals surface area contributed by atoms with E-state index in [1.165, 1.54) is 18.9 Å². The number of amides is 3. The van der Waals surface area contributed by atoms with Crippen molar-refractivity contribution in [3.63, 3.8) is 0 Å². The van der Waals surface area contributed by atoms with Crippen LogP contribution in [0.5, 0.6) is 5.75 Å². The number of thioether (sulfide) groups is 1. The maximum absolute atomic E-state index is 12.6. The van der Waals surface area contributed by atoms with E-state index in [1.54, 1.807) is 40.5 Å². The lowest BCUT2D eigenvalue weighted by atomic mass is 10.2. The van der Waals surface area contributed by atoms with Crippen molar-refractivity contribution in [2.75, 3.05) is 13.7 Å². The average molecular weight is 490 g/mol. The number of thiophene rings is 1. The summed E-state index contributed by atoms with van der Waals surface area (Å²) in [5, 5.41) is 1.96. The van der Waals surface area contributed by atoms with Crippen LogP contribution in [-0.2, 0) is 9.59 Å². The van der Waals surface area contributed by atoms with E-state index in [4.69, 9.17) is 17.0 Å². The smallest absolute Gasteiger partial charge is 0.273 e. The Morgan fingerprint density at radius 3 is 2.69 bits per heavy atom. The van der Waals surface area contributed by atoms with Crippen molar-refractivity contribution in [1.82, 2.24) is 15.8 Å². The number of hydrogen-bond acceptors (Lipinski definition) is 7. The lowest BCUT2D eigenvalue weighted by molar-refractivity contribution is -0.123. The van der Waals surface area contributed by atoms with E-state index < -0.39 is 5.91 Å². The van der Waals surface area contributed by atoms with Crippen molar-refractivity contribution < 1.29 is 19.1 Å². The summed E-state index contributed by atoms with van der Waals surface area (Å²) < 4.78 is 5.70. The Morgan fingerprint density at radius 2 is 1.94 bits per heavy atom. The fourth-order valence-corrected chi connectivity index (χ4v) is 5.05. The van der Waals surface area contributed by atoms with Gasteiger partial charge in [-0.05, 0) is 42.5 Å². The van der Waals surface area contributed by atoms with Crippen molar-refractivity contribution in [2.45, 2.75) is 25.7 Å². The van der Waals surface area contributed by atoms with Crippen molar-refractivity contribution in [3.05, 3.63) is 57.1 Å². The third kappa shape index (κ3) is 6.41. The molecular formula is C22H23N3O4S3. The number of hydrogen-bond donors (Lipinski definition) is 2. The maximum Gasteiger partial charge on any atom is 0.273 e. The monoisotopic (exact) mass is 489 g/mol. The highest BCUT2D eigenvalue weighted by Gasteiger charge is 2.31. The number of rotatable bonds is 9. The Kier molecular flexibility index (Phi) is 8.83. The van der Waals surface area contributed by atoms with E-state index in [9.17, 15) is 14.4 Å².